The molecule has 1 saturated heterocycles. The zero-order chi connectivity index (χ0) is 23.3. The zero-order valence-electron chi connectivity index (χ0n) is 19.0. The van der Waals surface area contributed by atoms with Crippen molar-refractivity contribution >= 4 is 38.1 Å². The molecule has 0 atom stereocenters. The molecule has 0 bridgehead atoms. The summed E-state index contributed by atoms with van der Waals surface area (Å²) in [6.45, 7) is 6.25. The number of nitrogens with zero attached hydrogens (tertiary/aromatic N) is 3. The summed E-state index contributed by atoms with van der Waals surface area (Å²) in [7, 11) is 0. The molecule has 176 valence electrons. The number of nitrogens with one attached hydrogen (secondary N) is 1. The van der Waals surface area contributed by atoms with Crippen LogP contribution in [0.1, 0.15) is 18.4 Å². The Morgan fingerprint density at radius 2 is 2.00 bits per heavy atom. The Morgan fingerprint density at radius 3 is 2.85 bits per heavy atom. The summed E-state index contributed by atoms with van der Waals surface area (Å²) in [5.74, 6) is 1.73. The Kier molecular flexibility index (Phi) is 6.70. The van der Waals surface area contributed by atoms with Crippen molar-refractivity contribution in [2.24, 2.45) is 5.73 Å². The Balaban J connectivity index is 1.04. The van der Waals surface area contributed by atoms with Gasteiger partial charge in [-0.25, -0.2) is 4.79 Å². The second-order valence-electron chi connectivity index (χ2n) is 8.39. The van der Waals surface area contributed by atoms with Crippen molar-refractivity contribution in [2.45, 2.75) is 12.8 Å². The molecule has 2 amide bonds. The van der Waals surface area contributed by atoms with Crippen LogP contribution in [-0.4, -0.2) is 57.0 Å². The van der Waals surface area contributed by atoms with E-state index in [2.05, 4.69) is 32.1 Å². The first-order valence-corrected chi connectivity index (χ1v) is 12.4. The molecule has 3 N–H and O–H groups in total. The van der Waals surface area contributed by atoms with Gasteiger partial charge in [-0.05, 0) is 54.8 Å². The van der Waals surface area contributed by atoms with E-state index in [1.165, 1.54) is 11.3 Å². The first-order chi connectivity index (χ1) is 16.7. The lowest BCUT2D eigenvalue weighted by Gasteiger charge is -2.36. The SMILES string of the molecule is NC(=O)Nc1cc2cc(C#[N+]CCCCN3CCN(c4cccc5c4OCO5)CC3)ccc2s1. The molecule has 34 heavy (non-hydrogen) atoms. The molecule has 0 spiro atoms. The van der Waals surface area contributed by atoms with Crippen LogP contribution in [0, 0.1) is 6.07 Å². The number of benzene rings is 2. The van der Waals surface area contributed by atoms with E-state index < -0.39 is 6.03 Å². The molecule has 2 aromatic carbocycles. The Labute approximate surface area is 202 Å². The third-order valence-corrected chi connectivity index (χ3v) is 7.09. The maximum atomic E-state index is 11.0. The standard InChI is InChI=1S/C25H27N5O3S/c26-25(31)28-23-15-19-14-18(6-7-22(19)34-23)16-27-8-1-2-9-29-10-12-30(13-11-29)20-4-3-5-21-24(20)33-17-32-21/h3-7,14-15H,1-2,8-13,17H2,(H2-,26,28,31)/p+1. The number of nitrogens with two attached hydrogens (primary N) is 1. The lowest BCUT2D eigenvalue weighted by Crippen LogP contribution is -2.46. The third kappa shape index (κ3) is 5.19. The van der Waals surface area contributed by atoms with Crippen LogP contribution in [0.4, 0.5) is 15.5 Å². The molecular formula is C25H28N5O3S+. The monoisotopic (exact) mass is 478 g/mol. The van der Waals surface area contributed by atoms with Crippen molar-refractivity contribution in [3.63, 3.8) is 0 Å². The highest BCUT2D eigenvalue weighted by atomic mass is 32.1. The Morgan fingerprint density at radius 1 is 1.12 bits per heavy atom. The van der Waals surface area contributed by atoms with E-state index in [0.717, 1.165) is 89.9 Å². The van der Waals surface area contributed by atoms with Crippen LogP contribution in [0.5, 0.6) is 11.5 Å². The van der Waals surface area contributed by atoms with Crippen LogP contribution in [0.2, 0.25) is 0 Å². The molecule has 3 heterocycles. The lowest BCUT2D eigenvalue weighted by atomic mass is 10.2. The van der Waals surface area contributed by atoms with Gasteiger partial charge in [0.05, 0.1) is 10.7 Å². The predicted molar refractivity (Wildman–Crippen MR) is 137 cm³/mol. The second kappa shape index (κ2) is 10.2. The lowest BCUT2D eigenvalue weighted by molar-refractivity contribution is 0.174. The van der Waals surface area contributed by atoms with Crippen molar-refractivity contribution in [3.05, 3.63) is 52.9 Å². The molecule has 5 rings (SSSR count). The molecule has 8 nitrogen and oxygen atoms in total. The van der Waals surface area contributed by atoms with Crippen LogP contribution in [-0.2, 0) is 0 Å². The van der Waals surface area contributed by atoms with Crippen molar-refractivity contribution in [1.29, 1.82) is 0 Å². The molecule has 0 radical (unpaired) electrons. The summed E-state index contributed by atoms with van der Waals surface area (Å²) >= 11 is 1.50. The van der Waals surface area contributed by atoms with Gasteiger partial charge in [-0.2, -0.15) is 0 Å². The molecule has 0 saturated carbocycles. The number of ether oxygens (including phenoxy) is 2. The van der Waals surface area contributed by atoms with E-state index in [1.807, 2.05) is 36.4 Å². The smallest absolute Gasteiger partial charge is 0.317 e. The number of hydrogen-bond donors (Lipinski definition) is 2. The van der Waals surface area contributed by atoms with E-state index in [-0.39, 0.29) is 0 Å². The molecule has 2 aliphatic rings. The van der Waals surface area contributed by atoms with Gasteiger partial charge < -0.3 is 20.1 Å². The number of carbonyl (C=O) groups is 1. The number of primary amides is 1. The molecule has 3 aromatic rings. The molecule has 0 unspecified atom stereocenters. The normalized spacial score (nSPS) is 15.2. The van der Waals surface area contributed by atoms with E-state index in [4.69, 9.17) is 15.2 Å². The van der Waals surface area contributed by atoms with Crippen LogP contribution >= 0.6 is 11.3 Å². The van der Waals surface area contributed by atoms with Gasteiger partial charge >= 0.3 is 12.1 Å². The summed E-state index contributed by atoms with van der Waals surface area (Å²) in [6.07, 6.45) is 2.16. The second-order valence-corrected chi connectivity index (χ2v) is 9.48. The molecule has 1 fully saturated rings. The number of amides is 2. The average Bonchev–Trinajstić information content (AvgIpc) is 3.47. The van der Waals surface area contributed by atoms with Gasteiger partial charge in [0, 0.05) is 37.3 Å². The van der Waals surface area contributed by atoms with Crippen molar-refractivity contribution in [2.75, 3.05) is 56.3 Å². The van der Waals surface area contributed by atoms with E-state index in [9.17, 15) is 4.79 Å². The van der Waals surface area contributed by atoms with Crippen LogP contribution in [0.3, 0.4) is 0 Å². The number of anilines is 2. The predicted octanol–water partition coefficient (Wildman–Crippen LogP) is 4.40. The average molecular weight is 479 g/mol. The summed E-state index contributed by atoms with van der Waals surface area (Å²) in [6, 6.07) is 16.7. The van der Waals surface area contributed by atoms with Gasteiger partial charge in [0.15, 0.2) is 11.5 Å². The fourth-order valence-electron chi connectivity index (χ4n) is 4.35. The molecule has 2 aliphatic heterocycles. The summed E-state index contributed by atoms with van der Waals surface area (Å²) in [5, 5.41) is 4.42. The Bertz CT molecular complexity index is 1240. The quantitative estimate of drug-likeness (QED) is 0.513. The minimum absolute atomic E-state index is 0.310. The number of thiophene rings is 1. The molecule has 9 heteroatoms. The van der Waals surface area contributed by atoms with Gasteiger partial charge in [0.1, 0.15) is 5.56 Å². The highest BCUT2D eigenvalue weighted by Crippen LogP contribution is 2.41. The molecular weight excluding hydrogens is 450 g/mol. The number of urea groups is 1. The molecule has 0 aliphatic carbocycles. The summed E-state index contributed by atoms with van der Waals surface area (Å²) in [5.41, 5.74) is 7.27. The van der Waals surface area contributed by atoms with Crippen LogP contribution in [0.25, 0.3) is 14.9 Å². The van der Waals surface area contributed by atoms with Gasteiger partial charge in [-0.1, -0.05) is 10.9 Å². The highest BCUT2D eigenvalue weighted by Gasteiger charge is 2.24. The van der Waals surface area contributed by atoms with Gasteiger partial charge in [-0.15, -0.1) is 11.3 Å². The number of unbranched alkanes of at least 4 members (excludes halogenated alkanes) is 1. The number of hydrogen-bond acceptors (Lipinski definition) is 6. The van der Waals surface area contributed by atoms with Crippen LogP contribution < -0.4 is 25.4 Å². The van der Waals surface area contributed by atoms with E-state index >= 15 is 0 Å². The van der Waals surface area contributed by atoms with Gasteiger partial charge in [0.2, 0.25) is 6.79 Å². The van der Waals surface area contributed by atoms with E-state index in [1.54, 1.807) is 0 Å². The minimum Gasteiger partial charge on any atom is -0.454 e. The van der Waals surface area contributed by atoms with Crippen LogP contribution in [0.15, 0.2) is 42.5 Å². The van der Waals surface area contributed by atoms with E-state index in [0.29, 0.717) is 6.79 Å². The number of para-hydroxylation sites is 1. The minimum atomic E-state index is -0.550. The first kappa shape index (κ1) is 22.3. The maximum Gasteiger partial charge on any atom is 0.317 e. The summed E-state index contributed by atoms with van der Waals surface area (Å²) in [4.78, 5) is 20.4. The van der Waals surface area contributed by atoms with Crippen molar-refractivity contribution in [1.82, 2.24) is 4.90 Å². The van der Waals surface area contributed by atoms with Gasteiger partial charge in [-0.3, -0.25) is 10.2 Å². The largest absolute Gasteiger partial charge is 0.454 e. The fourth-order valence-corrected chi connectivity index (χ4v) is 5.29. The topological polar surface area (TPSA) is 84.4 Å². The number of carbonyl (C=O) groups excluding carboxylic acids is 1. The first-order valence-electron chi connectivity index (χ1n) is 11.5. The third-order valence-electron chi connectivity index (χ3n) is 6.05. The zero-order valence-corrected chi connectivity index (χ0v) is 19.8. The maximum absolute atomic E-state index is 11.0. The number of fused-ring (bicyclic) bond motifs is 2. The number of rotatable bonds is 6. The Hall–Kier alpha value is -3.48. The summed E-state index contributed by atoms with van der Waals surface area (Å²) < 4.78 is 12.3. The van der Waals surface area contributed by atoms with Gasteiger partial charge in [0.25, 0.3) is 6.54 Å². The highest BCUT2D eigenvalue weighted by molar-refractivity contribution is 7.22. The molecule has 1 aromatic heterocycles. The van der Waals surface area contributed by atoms with Crippen molar-refractivity contribution < 1.29 is 14.3 Å². The number of piperazine rings is 1. The fraction of sp³-hybridized carbons (Fsp3) is 0.360. The van der Waals surface area contributed by atoms with Crippen molar-refractivity contribution in [3.8, 4) is 17.6 Å².